The van der Waals surface area contributed by atoms with Crippen LogP contribution in [-0.2, 0) is 0 Å². The molecule has 12 heavy (non-hydrogen) atoms. The summed E-state index contributed by atoms with van der Waals surface area (Å²) in [6.07, 6.45) is 5.41. The van der Waals surface area contributed by atoms with E-state index in [1.54, 1.807) is 6.26 Å². The first-order valence-corrected chi connectivity index (χ1v) is 5.05. The molecule has 1 aromatic rings. The second-order valence-electron chi connectivity index (χ2n) is 3.42. The Hall–Kier alpha value is -0.280. The topological polar surface area (TPSA) is 39.2 Å². The molecule has 3 heteroatoms. The van der Waals surface area contributed by atoms with Crippen molar-refractivity contribution in [3.63, 3.8) is 0 Å². The molecule has 0 aliphatic heterocycles. The van der Waals surface area contributed by atoms with E-state index in [0.717, 1.165) is 22.6 Å². The van der Waals surface area contributed by atoms with E-state index in [9.17, 15) is 0 Å². The third-order valence-electron chi connectivity index (χ3n) is 2.27. The Bertz CT molecular complexity index is 267. The number of nitrogens with two attached hydrogens (primary N) is 1. The highest BCUT2D eigenvalue weighted by molar-refractivity contribution is 9.10. The highest BCUT2D eigenvalue weighted by Crippen LogP contribution is 2.38. The van der Waals surface area contributed by atoms with Gasteiger partial charge in [0, 0.05) is 0 Å². The number of hydrogen-bond acceptors (Lipinski definition) is 2. The largest absolute Gasteiger partial charge is 0.466 e. The molecule has 2 rings (SSSR count). The van der Waals surface area contributed by atoms with E-state index in [1.165, 1.54) is 12.8 Å². The van der Waals surface area contributed by atoms with Crippen LogP contribution in [0.3, 0.4) is 0 Å². The van der Waals surface area contributed by atoms with Crippen LogP contribution in [0.4, 0.5) is 0 Å². The maximum atomic E-state index is 5.96. The van der Waals surface area contributed by atoms with Crippen molar-refractivity contribution >= 4 is 15.9 Å². The van der Waals surface area contributed by atoms with Gasteiger partial charge in [0.15, 0.2) is 0 Å². The summed E-state index contributed by atoms with van der Waals surface area (Å²) < 4.78 is 6.28. The van der Waals surface area contributed by atoms with Gasteiger partial charge in [0.05, 0.1) is 16.8 Å². The maximum absolute atomic E-state index is 5.96. The Balaban J connectivity index is 2.02. The second-order valence-corrected chi connectivity index (χ2v) is 4.27. The molecule has 0 spiro atoms. The molecule has 1 aliphatic rings. The Labute approximate surface area is 80.3 Å². The summed E-state index contributed by atoms with van der Waals surface area (Å²) in [5.41, 5.74) is 5.96. The van der Waals surface area contributed by atoms with Gasteiger partial charge >= 0.3 is 0 Å². The lowest BCUT2D eigenvalue weighted by Gasteiger charge is -2.07. The fourth-order valence-corrected chi connectivity index (χ4v) is 1.89. The minimum absolute atomic E-state index is 0.0712. The molecule has 0 amide bonds. The molecular formula is C9H12BrNO. The molecule has 0 aromatic carbocycles. The molecule has 2 nitrogen and oxygen atoms in total. The first-order valence-electron chi connectivity index (χ1n) is 4.26. The lowest BCUT2D eigenvalue weighted by Crippen LogP contribution is -2.10. The van der Waals surface area contributed by atoms with Crippen molar-refractivity contribution in [3.05, 3.63) is 22.6 Å². The summed E-state index contributed by atoms with van der Waals surface area (Å²) in [6, 6.07) is 1.96. The first kappa shape index (κ1) is 8.32. The van der Waals surface area contributed by atoms with Crippen molar-refractivity contribution in [2.75, 3.05) is 0 Å². The molecule has 0 saturated heterocycles. The zero-order valence-corrected chi connectivity index (χ0v) is 8.38. The molecular weight excluding hydrogens is 218 g/mol. The average molecular weight is 230 g/mol. The summed E-state index contributed by atoms with van der Waals surface area (Å²) in [5.74, 6) is 1.74. The smallest absolute Gasteiger partial charge is 0.134 e. The van der Waals surface area contributed by atoms with E-state index in [1.807, 2.05) is 6.07 Å². The van der Waals surface area contributed by atoms with Crippen LogP contribution in [0.5, 0.6) is 0 Å². The minimum atomic E-state index is 0.0712. The van der Waals surface area contributed by atoms with Gasteiger partial charge in [0.2, 0.25) is 0 Å². The fourth-order valence-electron chi connectivity index (χ4n) is 1.39. The Kier molecular flexibility index (Phi) is 2.24. The number of furan rings is 1. The highest BCUT2D eigenvalue weighted by Gasteiger charge is 2.26. The van der Waals surface area contributed by atoms with Crippen molar-refractivity contribution in [1.29, 1.82) is 0 Å². The van der Waals surface area contributed by atoms with Crippen LogP contribution in [0.25, 0.3) is 0 Å². The van der Waals surface area contributed by atoms with E-state index in [4.69, 9.17) is 10.2 Å². The molecule has 0 radical (unpaired) electrons. The first-order chi connectivity index (χ1) is 5.77. The summed E-state index contributed by atoms with van der Waals surface area (Å²) in [5, 5.41) is 0. The SMILES string of the molecule is NC(CC1CC1)c1occc1Br. The van der Waals surface area contributed by atoms with Crippen LogP contribution in [-0.4, -0.2) is 0 Å². The molecule has 2 N–H and O–H groups in total. The maximum Gasteiger partial charge on any atom is 0.134 e. The molecule has 1 aromatic heterocycles. The molecule has 1 heterocycles. The number of halogens is 1. The van der Waals surface area contributed by atoms with Crippen LogP contribution in [0, 0.1) is 5.92 Å². The Morgan fingerprint density at radius 3 is 2.92 bits per heavy atom. The van der Waals surface area contributed by atoms with Crippen molar-refractivity contribution in [2.24, 2.45) is 11.7 Å². The summed E-state index contributed by atoms with van der Waals surface area (Å²) in [4.78, 5) is 0. The molecule has 1 fully saturated rings. The monoisotopic (exact) mass is 229 g/mol. The van der Waals surface area contributed by atoms with Crippen molar-refractivity contribution in [3.8, 4) is 0 Å². The van der Waals surface area contributed by atoms with Gasteiger partial charge in [-0.05, 0) is 34.3 Å². The molecule has 1 aliphatic carbocycles. The molecule has 1 unspecified atom stereocenters. The van der Waals surface area contributed by atoms with Crippen LogP contribution >= 0.6 is 15.9 Å². The summed E-state index contributed by atoms with van der Waals surface area (Å²) >= 11 is 3.40. The third kappa shape index (κ3) is 1.72. The fraction of sp³-hybridized carbons (Fsp3) is 0.556. The molecule has 0 bridgehead atoms. The lowest BCUT2D eigenvalue weighted by molar-refractivity contribution is 0.438. The van der Waals surface area contributed by atoms with Gasteiger partial charge in [-0.25, -0.2) is 0 Å². The van der Waals surface area contributed by atoms with Crippen LogP contribution in [0.1, 0.15) is 31.1 Å². The van der Waals surface area contributed by atoms with Gasteiger partial charge in [-0.2, -0.15) is 0 Å². The predicted octanol–water partition coefficient (Wildman–Crippen LogP) is 2.84. The van der Waals surface area contributed by atoms with Gasteiger partial charge in [-0.3, -0.25) is 0 Å². The van der Waals surface area contributed by atoms with Gasteiger partial charge in [-0.15, -0.1) is 0 Å². The Morgan fingerprint density at radius 2 is 2.42 bits per heavy atom. The number of hydrogen-bond donors (Lipinski definition) is 1. The van der Waals surface area contributed by atoms with Gasteiger partial charge in [-0.1, -0.05) is 12.8 Å². The van der Waals surface area contributed by atoms with Crippen molar-refractivity contribution in [1.82, 2.24) is 0 Å². The van der Waals surface area contributed by atoms with Crippen molar-refractivity contribution < 1.29 is 4.42 Å². The summed E-state index contributed by atoms with van der Waals surface area (Å²) in [6.45, 7) is 0. The number of rotatable bonds is 3. The van der Waals surface area contributed by atoms with Crippen LogP contribution in [0.2, 0.25) is 0 Å². The average Bonchev–Trinajstić information content (AvgIpc) is 2.72. The van der Waals surface area contributed by atoms with E-state index in [2.05, 4.69) is 15.9 Å². The lowest BCUT2D eigenvalue weighted by atomic mass is 10.1. The zero-order valence-electron chi connectivity index (χ0n) is 6.79. The van der Waals surface area contributed by atoms with Crippen LogP contribution in [0.15, 0.2) is 21.2 Å². The van der Waals surface area contributed by atoms with Gasteiger partial charge < -0.3 is 10.2 Å². The minimum Gasteiger partial charge on any atom is -0.466 e. The third-order valence-corrected chi connectivity index (χ3v) is 2.92. The van der Waals surface area contributed by atoms with E-state index < -0.39 is 0 Å². The van der Waals surface area contributed by atoms with Gasteiger partial charge in [0.25, 0.3) is 0 Å². The standard InChI is InChI=1S/C9H12BrNO/c10-7-3-4-12-9(7)8(11)5-6-1-2-6/h3-4,6,8H,1-2,5,11H2. The molecule has 1 saturated carbocycles. The van der Waals surface area contributed by atoms with E-state index in [0.29, 0.717) is 0 Å². The van der Waals surface area contributed by atoms with E-state index >= 15 is 0 Å². The van der Waals surface area contributed by atoms with Crippen LogP contribution < -0.4 is 5.73 Å². The highest BCUT2D eigenvalue weighted by atomic mass is 79.9. The predicted molar refractivity (Wildman–Crippen MR) is 50.7 cm³/mol. The quantitative estimate of drug-likeness (QED) is 0.867. The molecule has 66 valence electrons. The van der Waals surface area contributed by atoms with E-state index in [-0.39, 0.29) is 6.04 Å². The van der Waals surface area contributed by atoms with Gasteiger partial charge in [0.1, 0.15) is 5.76 Å². The van der Waals surface area contributed by atoms with Crippen molar-refractivity contribution in [2.45, 2.75) is 25.3 Å². The summed E-state index contributed by atoms with van der Waals surface area (Å²) in [7, 11) is 0. The zero-order chi connectivity index (χ0) is 8.55. The second kappa shape index (κ2) is 3.23. The Morgan fingerprint density at radius 1 is 1.67 bits per heavy atom. The molecule has 1 atom stereocenters. The normalized spacial score (nSPS) is 19.5.